The van der Waals surface area contributed by atoms with Crippen LogP contribution >= 0.6 is 0 Å². The van der Waals surface area contributed by atoms with Gasteiger partial charge in [0.1, 0.15) is 0 Å². The third-order valence-corrected chi connectivity index (χ3v) is 5.95. The molecule has 2 heterocycles. The number of nitrogens with zero attached hydrogens (tertiary/aromatic N) is 2. The highest BCUT2D eigenvalue weighted by Gasteiger charge is 2.36. The van der Waals surface area contributed by atoms with Crippen molar-refractivity contribution < 1.29 is 9.59 Å². The Morgan fingerprint density at radius 1 is 1.00 bits per heavy atom. The molecule has 0 aromatic heterocycles. The summed E-state index contributed by atoms with van der Waals surface area (Å²) in [4.78, 5) is 29.7. The van der Waals surface area contributed by atoms with Crippen LogP contribution in [0.25, 0.3) is 0 Å². The summed E-state index contributed by atoms with van der Waals surface area (Å²) in [6.45, 7) is 5.67. The average Bonchev–Trinajstić information content (AvgIpc) is 3.03. The molecule has 3 rings (SSSR count). The van der Waals surface area contributed by atoms with Crippen molar-refractivity contribution in [1.29, 1.82) is 0 Å². The number of hydrogen-bond donors (Lipinski definition) is 1. The van der Waals surface area contributed by atoms with Crippen LogP contribution in [-0.4, -0.2) is 59.9 Å². The molecule has 27 heavy (non-hydrogen) atoms. The summed E-state index contributed by atoms with van der Waals surface area (Å²) >= 11 is 0. The predicted octanol–water partition coefficient (Wildman–Crippen LogP) is 3.30. The molecule has 1 aromatic rings. The Hall–Kier alpha value is -1.88. The molecular formula is C22H33N3O2. The van der Waals surface area contributed by atoms with Crippen LogP contribution in [0.2, 0.25) is 0 Å². The first-order valence-corrected chi connectivity index (χ1v) is 10.5. The minimum atomic E-state index is 0.0217. The van der Waals surface area contributed by atoms with Crippen LogP contribution in [0.1, 0.15) is 73.1 Å². The summed E-state index contributed by atoms with van der Waals surface area (Å²) in [6.07, 6.45) is 6.36. The van der Waals surface area contributed by atoms with Gasteiger partial charge in [-0.25, -0.2) is 0 Å². The topological polar surface area (TPSA) is 52.7 Å². The van der Waals surface area contributed by atoms with Crippen LogP contribution in [0.3, 0.4) is 0 Å². The molecule has 5 heteroatoms. The smallest absolute Gasteiger partial charge is 0.253 e. The third-order valence-electron chi connectivity index (χ3n) is 5.95. The summed E-state index contributed by atoms with van der Waals surface area (Å²) in [7, 11) is 1.91. The Labute approximate surface area is 163 Å². The molecule has 2 amide bonds. The maximum Gasteiger partial charge on any atom is 0.253 e. The lowest BCUT2D eigenvalue weighted by Crippen LogP contribution is -2.48. The number of amides is 2. The zero-order chi connectivity index (χ0) is 19.4. The lowest BCUT2D eigenvalue weighted by molar-refractivity contribution is 0.0681. The highest BCUT2D eigenvalue weighted by molar-refractivity contribution is 5.99. The van der Waals surface area contributed by atoms with E-state index in [1.165, 1.54) is 12.8 Å². The maximum atomic E-state index is 13.1. The third kappa shape index (κ3) is 4.52. The van der Waals surface area contributed by atoms with Crippen LogP contribution < -0.4 is 5.32 Å². The Kier molecular flexibility index (Phi) is 6.53. The molecule has 2 atom stereocenters. The molecule has 0 radical (unpaired) electrons. The van der Waals surface area contributed by atoms with Gasteiger partial charge in [0.15, 0.2) is 0 Å². The summed E-state index contributed by atoms with van der Waals surface area (Å²) in [5, 5.41) is 3.63. The molecule has 2 unspecified atom stereocenters. The zero-order valence-corrected chi connectivity index (χ0v) is 16.9. The van der Waals surface area contributed by atoms with Gasteiger partial charge in [-0.15, -0.1) is 0 Å². The highest BCUT2D eigenvalue weighted by Crippen LogP contribution is 2.30. The Morgan fingerprint density at radius 3 is 2.11 bits per heavy atom. The van der Waals surface area contributed by atoms with E-state index in [0.29, 0.717) is 23.2 Å². The van der Waals surface area contributed by atoms with Crippen molar-refractivity contribution in [2.45, 2.75) is 70.5 Å². The number of nitrogens with one attached hydrogen (secondary N) is 1. The van der Waals surface area contributed by atoms with E-state index in [9.17, 15) is 9.59 Å². The molecule has 2 aliphatic heterocycles. The molecule has 2 bridgehead atoms. The van der Waals surface area contributed by atoms with Gasteiger partial charge in [0.25, 0.3) is 11.8 Å². The number of benzene rings is 1. The van der Waals surface area contributed by atoms with Gasteiger partial charge >= 0.3 is 0 Å². The SMILES string of the molecule is CCCN(CCC)C(=O)c1cccc(C(=O)N(C)C2CC3CCC(C2)N3)c1. The number of piperidine rings is 1. The fourth-order valence-corrected chi connectivity index (χ4v) is 4.54. The van der Waals surface area contributed by atoms with Gasteiger partial charge in [-0.05, 0) is 56.7 Å². The molecule has 0 spiro atoms. The van der Waals surface area contributed by atoms with E-state index >= 15 is 0 Å². The van der Waals surface area contributed by atoms with Crippen molar-refractivity contribution in [2.24, 2.45) is 0 Å². The highest BCUT2D eigenvalue weighted by atomic mass is 16.2. The van der Waals surface area contributed by atoms with Crippen LogP contribution in [0.5, 0.6) is 0 Å². The normalized spacial score (nSPS) is 23.9. The molecule has 0 aliphatic carbocycles. The predicted molar refractivity (Wildman–Crippen MR) is 108 cm³/mol. The zero-order valence-electron chi connectivity index (χ0n) is 16.9. The number of carbonyl (C=O) groups excluding carboxylic acids is 2. The molecule has 1 N–H and O–H groups in total. The summed E-state index contributed by atoms with van der Waals surface area (Å²) in [5.41, 5.74) is 1.23. The molecule has 2 fully saturated rings. The average molecular weight is 372 g/mol. The fourth-order valence-electron chi connectivity index (χ4n) is 4.54. The maximum absolute atomic E-state index is 13.1. The van der Waals surface area contributed by atoms with Crippen molar-refractivity contribution >= 4 is 11.8 Å². The standard InChI is InChI=1S/C22H33N3O2/c1-4-11-25(12-5-2)22(27)17-8-6-7-16(13-17)21(26)24(3)20-14-18-9-10-19(15-20)23-18/h6-8,13,18-20,23H,4-5,9-12,14-15H2,1-3H3. The molecule has 0 saturated carbocycles. The number of carbonyl (C=O) groups is 2. The lowest BCUT2D eigenvalue weighted by Gasteiger charge is -2.35. The van der Waals surface area contributed by atoms with Crippen LogP contribution in [0.4, 0.5) is 0 Å². The molecule has 2 saturated heterocycles. The van der Waals surface area contributed by atoms with Crippen molar-refractivity contribution in [3.63, 3.8) is 0 Å². The van der Waals surface area contributed by atoms with Crippen molar-refractivity contribution in [1.82, 2.24) is 15.1 Å². The monoisotopic (exact) mass is 371 g/mol. The second kappa shape index (κ2) is 8.87. The van der Waals surface area contributed by atoms with Crippen molar-refractivity contribution in [3.05, 3.63) is 35.4 Å². The van der Waals surface area contributed by atoms with E-state index in [1.54, 1.807) is 6.07 Å². The fraction of sp³-hybridized carbons (Fsp3) is 0.636. The Bertz CT molecular complexity index is 657. The molecule has 1 aromatic carbocycles. The van der Waals surface area contributed by atoms with E-state index in [1.807, 2.05) is 35.0 Å². The number of hydrogen-bond acceptors (Lipinski definition) is 3. The largest absolute Gasteiger partial charge is 0.339 e. The van der Waals surface area contributed by atoms with Crippen LogP contribution in [0.15, 0.2) is 24.3 Å². The number of rotatable bonds is 7. The van der Waals surface area contributed by atoms with E-state index < -0.39 is 0 Å². The lowest BCUT2D eigenvalue weighted by atomic mass is 9.97. The van der Waals surface area contributed by atoms with Crippen LogP contribution in [-0.2, 0) is 0 Å². The molecule has 148 valence electrons. The van der Waals surface area contributed by atoms with E-state index in [0.717, 1.165) is 38.8 Å². The van der Waals surface area contributed by atoms with Gasteiger partial charge < -0.3 is 15.1 Å². The Morgan fingerprint density at radius 2 is 1.56 bits per heavy atom. The minimum Gasteiger partial charge on any atom is -0.339 e. The molecule has 2 aliphatic rings. The van der Waals surface area contributed by atoms with E-state index in [4.69, 9.17) is 0 Å². The van der Waals surface area contributed by atoms with Gasteiger partial charge in [0.2, 0.25) is 0 Å². The Balaban J connectivity index is 1.72. The minimum absolute atomic E-state index is 0.0217. The first-order valence-electron chi connectivity index (χ1n) is 10.5. The van der Waals surface area contributed by atoms with E-state index in [2.05, 4.69) is 19.2 Å². The first-order chi connectivity index (χ1) is 13.0. The molecular weight excluding hydrogens is 338 g/mol. The number of fused-ring (bicyclic) bond motifs is 2. The molecule has 5 nitrogen and oxygen atoms in total. The second-order valence-electron chi connectivity index (χ2n) is 8.05. The van der Waals surface area contributed by atoms with Crippen LogP contribution in [0, 0.1) is 0 Å². The summed E-state index contributed by atoms with van der Waals surface area (Å²) in [5.74, 6) is 0.0457. The van der Waals surface area contributed by atoms with Gasteiger partial charge in [-0.1, -0.05) is 19.9 Å². The summed E-state index contributed by atoms with van der Waals surface area (Å²) < 4.78 is 0. The van der Waals surface area contributed by atoms with Gasteiger partial charge in [-0.3, -0.25) is 9.59 Å². The van der Waals surface area contributed by atoms with Crippen molar-refractivity contribution in [3.8, 4) is 0 Å². The van der Waals surface area contributed by atoms with E-state index in [-0.39, 0.29) is 17.9 Å². The second-order valence-corrected chi connectivity index (χ2v) is 8.05. The first kappa shape index (κ1) is 19.9. The van der Waals surface area contributed by atoms with Gasteiger partial charge in [0.05, 0.1) is 0 Å². The van der Waals surface area contributed by atoms with Crippen molar-refractivity contribution in [2.75, 3.05) is 20.1 Å². The van der Waals surface area contributed by atoms with Gasteiger partial charge in [-0.2, -0.15) is 0 Å². The van der Waals surface area contributed by atoms with Gasteiger partial charge in [0, 0.05) is 49.4 Å². The quantitative estimate of drug-likeness (QED) is 0.800. The summed E-state index contributed by atoms with van der Waals surface area (Å²) in [6, 6.07) is 8.64.